The maximum Gasteiger partial charge on any atom is 0.157 e. The van der Waals surface area contributed by atoms with Crippen molar-refractivity contribution in [2.45, 2.75) is 12.3 Å². The maximum atomic E-state index is 10.1. The summed E-state index contributed by atoms with van der Waals surface area (Å²) in [6.45, 7) is 1.98. The van der Waals surface area contributed by atoms with Gasteiger partial charge in [0.15, 0.2) is 23.0 Å². The first-order valence-electron chi connectivity index (χ1n) is 8.94. The molecule has 0 bridgehead atoms. The number of hydrogen-bond donors (Lipinski definition) is 4. The zero-order valence-corrected chi connectivity index (χ0v) is 15.3. The Balaban J connectivity index is 2.01. The summed E-state index contributed by atoms with van der Waals surface area (Å²) in [5, 5.41) is 41.8. The minimum Gasteiger partial charge on any atom is -0.504 e. The van der Waals surface area contributed by atoms with Crippen LogP contribution in [0.5, 0.6) is 23.0 Å². The van der Waals surface area contributed by atoms with Gasteiger partial charge in [-0.15, -0.1) is 0 Å². The second-order valence-electron chi connectivity index (χ2n) is 7.09. The van der Waals surface area contributed by atoms with Crippen LogP contribution in [0.4, 0.5) is 0 Å². The summed E-state index contributed by atoms with van der Waals surface area (Å²) in [5.74, 6) is -0.823. The molecular weight excluding hydrogens is 352 g/mol. The van der Waals surface area contributed by atoms with Crippen LogP contribution in [-0.2, 0) is 5.41 Å². The van der Waals surface area contributed by atoms with Gasteiger partial charge in [-0.2, -0.15) is 0 Å². The second kappa shape index (κ2) is 6.50. The summed E-state index contributed by atoms with van der Waals surface area (Å²) in [6, 6.07) is 23.6. The predicted octanol–water partition coefficient (Wildman–Crippen LogP) is 5.02. The van der Waals surface area contributed by atoms with E-state index in [0.717, 1.165) is 27.5 Å². The number of aromatic hydroxyl groups is 4. The second-order valence-corrected chi connectivity index (χ2v) is 7.09. The molecule has 0 aromatic heterocycles. The molecule has 0 fully saturated rings. The lowest BCUT2D eigenvalue weighted by Gasteiger charge is -2.32. The van der Waals surface area contributed by atoms with Crippen LogP contribution in [0.2, 0.25) is 0 Å². The molecule has 0 aliphatic heterocycles. The van der Waals surface area contributed by atoms with Gasteiger partial charge in [0, 0.05) is 5.41 Å². The van der Waals surface area contributed by atoms with E-state index >= 15 is 0 Å². The van der Waals surface area contributed by atoms with Crippen molar-refractivity contribution in [3.8, 4) is 23.0 Å². The summed E-state index contributed by atoms with van der Waals surface area (Å²) >= 11 is 0. The summed E-state index contributed by atoms with van der Waals surface area (Å²) in [4.78, 5) is 0. The summed E-state index contributed by atoms with van der Waals surface area (Å²) in [5.41, 5.74) is 1.67. The SMILES string of the molecule is CC(c1ccc(O)c(O)c1)(c1ccc(O)c(O)c1)c1ccc2ccccc2c1. The number of benzene rings is 4. The summed E-state index contributed by atoms with van der Waals surface area (Å²) < 4.78 is 0. The van der Waals surface area contributed by atoms with E-state index in [4.69, 9.17) is 0 Å². The van der Waals surface area contributed by atoms with Crippen LogP contribution in [0.15, 0.2) is 78.9 Å². The van der Waals surface area contributed by atoms with Gasteiger partial charge in [-0.25, -0.2) is 0 Å². The minimum absolute atomic E-state index is 0.196. The Hall–Kier alpha value is -3.66. The van der Waals surface area contributed by atoms with E-state index in [1.54, 1.807) is 12.1 Å². The van der Waals surface area contributed by atoms with Gasteiger partial charge < -0.3 is 20.4 Å². The van der Waals surface area contributed by atoms with Crippen molar-refractivity contribution in [1.29, 1.82) is 0 Å². The molecule has 0 unspecified atom stereocenters. The lowest BCUT2D eigenvalue weighted by atomic mass is 9.70. The number of rotatable bonds is 3. The molecule has 0 spiro atoms. The number of fused-ring (bicyclic) bond motifs is 1. The van der Waals surface area contributed by atoms with Gasteiger partial charge in [-0.1, -0.05) is 48.5 Å². The third-order valence-corrected chi connectivity index (χ3v) is 5.43. The number of phenols is 4. The van der Waals surface area contributed by atoms with Gasteiger partial charge >= 0.3 is 0 Å². The van der Waals surface area contributed by atoms with Crippen LogP contribution in [0.1, 0.15) is 23.6 Å². The monoisotopic (exact) mass is 372 g/mol. The normalized spacial score (nSPS) is 11.6. The molecule has 4 aromatic carbocycles. The Morgan fingerprint density at radius 1 is 0.500 bits per heavy atom. The smallest absolute Gasteiger partial charge is 0.157 e. The highest BCUT2D eigenvalue weighted by Crippen LogP contribution is 2.44. The van der Waals surface area contributed by atoms with Crippen LogP contribution >= 0.6 is 0 Å². The van der Waals surface area contributed by atoms with Gasteiger partial charge in [-0.3, -0.25) is 0 Å². The maximum absolute atomic E-state index is 10.1. The Labute approximate surface area is 162 Å². The van der Waals surface area contributed by atoms with Crippen molar-refractivity contribution in [2.75, 3.05) is 0 Å². The third kappa shape index (κ3) is 2.79. The lowest BCUT2D eigenvalue weighted by Crippen LogP contribution is -2.25. The lowest BCUT2D eigenvalue weighted by molar-refractivity contribution is 0.400. The Morgan fingerprint density at radius 3 is 1.50 bits per heavy atom. The highest BCUT2D eigenvalue weighted by atomic mass is 16.3. The molecule has 140 valence electrons. The van der Waals surface area contributed by atoms with E-state index in [2.05, 4.69) is 6.07 Å². The topological polar surface area (TPSA) is 80.9 Å². The highest BCUT2D eigenvalue weighted by Gasteiger charge is 2.32. The van der Waals surface area contributed by atoms with Crippen molar-refractivity contribution in [1.82, 2.24) is 0 Å². The van der Waals surface area contributed by atoms with Crippen molar-refractivity contribution >= 4 is 10.8 Å². The average molecular weight is 372 g/mol. The van der Waals surface area contributed by atoms with E-state index in [-0.39, 0.29) is 23.0 Å². The zero-order chi connectivity index (χ0) is 19.9. The number of hydrogen-bond acceptors (Lipinski definition) is 4. The van der Waals surface area contributed by atoms with Crippen molar-refractivity contribution in [3.05, 3.63) is 95.6 Å². The van der Waals surface area contributed by atoms with E-state index in [9.17, 15) is 20.4 Å². The Kier molecular flexibility index (Phi) is 4.12. The molecule has 0 saturated carbocycles. The van der Waals surface area contributed by atoms with Gasteiger partial charge in [0.05, 0.1) is 0 Å². The molecule has 4 heteroatoms. The van der Waals surface area contributed by atoms with Crippen molar-refractivity contribution in [2.24, 2.45) is 0 Å². The molecule has 4 aromatic rings. The molecule has 4 nitrogen and oxygen atoms in total. The molecule has 4 rings (SSSR count). The minimum atomic E-state index is -0.750. The van der Waals surface area contributed by atoms with E-state index in [1.165, 1.54) is 24.3 Å². The van der Waals surface area contributed by atoms with Gasteiger partial charge in [0.1, 0.15) is 0 Å². The van der Waals surface area contributed by atoms with Gasteiger partial charge in [-0.05, 0) is 64.7 Å². The van der Waals surface area contributed by atoms with Crippen LogP contribution in [0.3, 0.4) is 0 Å². The fourth-order valence-corrected chi connectivity index (χ4v) is 3.67. The van der Waals surface area contributed by atoms with Crippen LogP contribution < -0.4 is 0 Å². The molecule has 4 N–H and O–H groups in total. The third-order valence-electron chi connectivity index (χ3n) is 5.43. The molecule has 0 heterocycles. The summed E-state index contributed by atoms with van der Waals surface area (Å²) in [6.07, 6.45) is 0. The van der Waals surface area contributed by atoms with Crippen molar-refractivity contribution < 1.29 is 20.4 Å². The first-order chi connectivity index (χ1) is 13.4. The van der Waals surface area contributed by atoms with E-state index in [0.29, 0.717) is 0 Å². The van der Waals surface area contributed by atoms with Gasteiger partial charge in [0.25, 0.3) is 0 Å². The van der Waals surface area contributed by atoms with Crippen LogP contribution in [0.25, 0.3) is 10.8 Å². The van der Waals surface area contributed by atoms with Crippen molar-refractivity contribution in [3.63, 3.8) is 0 Å². The Morgan fingerprint density at radius 2 is 0.964 bits per heavy atom. The molecule has 0 atom stereocenters. The molecule has 0 aliphatic carbocycles. The molecule has 0 aliphatic rings. The molecule has 0 amide bonds. The quantitative estimate of drug-likeness (QED) is 0.301. The molecular formula is C24H20O4. The fraction of sp³-hybridized carbons (Fsp3) is 0.0833. The molecule has 0 radical (unpaired) electrons. The molecule has 28 heavy (non-hydrogen) atoms. The number of phenolic OH excluding ortho intramolecular Hbond substituents is 4. The predicted molar refractivity (Wildman–Crippen MR) is 109 cm³/mol. The first-order valence-corrected chi connectivity index (χ1v) is 8.94. The van der Waals surface area contributed by atoms with E-state index in [1.807, 2.05) is 43.3 Å². The average Bonchev–Trinajstić information content (AvgIpc) is 2.71. The summed E-state index contributed by atoms with van der Waals surface area (Å²) in [7, 11) is 0. The van der Waals surface area contributed by atoms with Crippen LogP contribution in [0, 0.1) is 0 Å². The van der Waals surface area contributed by atoms with Crippen LogP contribution in [-0.4, -0.2) is 20.4 Å². The van der Waals surface area contributed by atoms with Gasteiger partial charge in [0.2, 0.25) is 0 Å². The van der Waals surface area contributed by atoms with E-state index < -0.39 is 5.41 Å². The Bertz CT molecular complexity index is 1130. The highest BCUT2D eigenvalue weighted by molar-refractivity contribution is 5.83. The fourth-order valence-electron chi connectivity index (χ4n) is 3.67. The molecule has 0 saturated heterocycles. The largest absolute Gasteiger partial charge is 0.504 e. The first kappa shape index (κ1) is 17.7. The zero-order valence-electron chi connectivity index (χ0n) is 15.3. The standard InChI is InChI=1S/C24H20O4/c1-24(18-8-10-20(25)22(27)13-18,19-9-11-21(26)23(28)14-19)17-7-6-15-4-2-3-5-16(15)12-17/h2-14,25-28H,1H3.